The van der Waals surface area contributed by atoms with Gasteiger partial charge in [0.25, 0.3) is 0 Å². The van der Waals surface area contributed by atoms with Gasteiger partial charge in [0, 0.05) is 24.5 Å². The van der Waals surface area contributed by atoms with Crippen LogP contribution < -0.4 is 0 Å². The highest BCUT2D eigenvalue weighted by molar-refractivity contribution is 6.24. The minimum atomic E-state index is 0.902. The largest absolute Gasteiger partial charge is 0.329 e. The number of benzene rings is 1. The second-order valence-electron chi connectivity index (χ2n) is 3.78. The minimum absolute atomic E-state index is 0.902. The molecular formula is C14H12N2. The lowest BCUT2D eigenvalue weighted by molar-refractivity contribution is 0.616. The molecule has 2 heterocycles. The molecule has 2 aliphatic heterocycles. The van der Waals surface area contributed by atoms with Gasteiger partial charge < -0.3 is 4.90 Å². The highest BCUT2D eigenvalue weighted by atomic mass is 15.2. The number of amidine groups is 1. The molecule has 0 saturated heterocycles. The minimum Gasteiger partial charge on any atom is -0.329 e. The smallest absolute Gasteiger partial charge is 0.140 e. The molecule has 0 saturated carbocycles. The van der Waals surface area contributed by atoms with E-state index in [2.05, 4.69) is 58.6 Å². The number of aliphatic imine (C=N–C) groups is 1. The Labute approximate surface area is 94.9 Å². The summed E-state index contributed by atoms with van der Waals surface area (Å²) >= 11 is 0. The van der Waals surface area contributed by atoms with Crippen LogP contribution in [0.15, 0.2) is 66.0 Å². The molecule has 0 fully saturated rings. The first-order valence-corrected chi connectivity index (χ1v) is 5.39. The Balaban J connectivity index is 2.07. The van der Waals surface area contributed by atoms with E-state index >= 15 is 0 Å². The van der Waals surface area contributed by atoms with Gasteiger partial charge >= 0.3 is 0 Å². The van der Waals surface area contributed by atoms with Crippen LogP contribution >= 0.6 is 0 Å². The van der Waals surface area contributed by atoms with Crippen LogP contribution in [0, 0.1) is 0 Å². The van der Waals surface area contributed by atoms with E-state index in [-0.39, 0.29) is 0 Å². The van der Waals surface area contributed by atoms with Gasteiger partial charge in [0.2, 0.25) is 0 Å². The second kappa shape index (κ2) is 3.81. The van der Waals surface area contributed by atoms with Crippen molar-refractivity contribution in [1.29, 1.82) is 0 Å². The number of hydrogen-bond donors (Lipinski definition) is 0. The molecule has 1 aromatic carbocycles. The van der Waals surface area contributed by atoms with Crippen molar-refractivity contribution in [2.75, 3.05) is 6.54 Å². The van der Waals surface area contributed by atoms with Crippen LogP contribution in [0.3, 0.4) is 0 Å². The van der Waals surface area contributed by atoms with Crippen LogP contribution in [-0.4, -0.2) is 17.3 Å². The first kappa shape index (κ1) is 9.16. The standard InChI is InChI=1S/C14H12N2/c1-2-6-12(7-3-1)13-8-4-10-16-11-5-9-15-14(13)16/h1-10H,11H2. The van der Waals surface area contributed by atoms with Crippen molar-refractivity contribution in [1.82, 2.24) is 4.90 Å². The molecule has 0 N–H and O–H groups in total. The summed E-state index contributed by atoms with van der Waals surface area (Å²) in [5.41, 5.74) is 2.40. The van der Waals surface area contributed by atoms with E-state index in [4.69, 9.17) is 0 Å². The normalized spacial score (nSPS) is 17.9. The summed E-state index contributed by atoms with van der Waals surface area (Å²) in [5.74, 6) is 1.04. The molecule has 2 nitrogen and oxygen atoms in total. The number of rotatable bonds is 1. The summed E-state index contributed by atoms with van der Waals surface area (Å²) in [6.07, 6.45) is 10.2. The molecule has 3 rings (SSSR count). The van der Waals surface area contributed by atoms with Crippen LogP contribution in [0.2, 0.25) is 0 Å². The predicted octanol–water partition coefficient (Wildman–Crippen LogP) is 2.83. The molecule has 0 spiro atoms. The van der Waals surface area contributed by atoms with Gasteiger partial charge in [-0.05, 0) is 23.8 Å². The molecule has 0 amide bonds. The first-order chi connectivity index (χ1) is 7.95. The molecule has 0 bridgehead atoms. The SMILES string of the molecule is C1=CN2CC=CN=C2C(c2ccccc2)=C1. The Morgan fingerprint density at radius 2 is 2.00 bits per heavy atom. The first-order valence-electron chi connectivity index (χ1n) is 5.39. The van der Waals surface area contributed by atoms with Gasteiger partial charge in [0.15, 0.2) is 0 Å². The molecule has 2 heteroatoms. The van der Waals surface area contributed by atoms with Crippen molar-refractivity contribution >= 4 is 11.4 Å². The van der Waals surface area contributed by atoms with E-state index in [0.29, 0.717) is 0 Å². The van der Waals surface area contributed by atoms with E-state index < -0.39 is 0 Å². The number of nitrogens with zero attached hydrogens (tertiary/aromatic N) is 2. The van der Waals surface area contributed by atoms with E-state index in [1.54, 1.807) is 0 Å². The van der Waals surface area contributed by atoms with Crippen molar-refractivity contribution in [3.63, 3.8) is 0 Å². The van der Waals surface area contributed by atoms with Crippen LogP contribution in [0.4, 0.5) is 0 Å². The molecular weight excluding hydrogens is 196 g/mol. The molecule has 1 aromatic rings. The average Bonchev–Trinajstić information content (AvgIpc) is 2.39. The topological polar surface area (TPSA) is 15.6 Å². The van der Waals surface area contributed by atoms with E-state index in [9.17, 15) is 0 Å². The maximum Gasteiger partial charge on any atom is 0.140 e. The van der Waals surface area contributed by atoms with Crippen LogP contribution in [0.1, 0.15) is 5.56 Å². The van der Waals surface area contributed by atoms with Crippen molar-refractivity contribution in [3.8, 4) is 0 Å². The van der Waals surface area contributed by atoms with Crippen molar-refractivity contribution in [2.45, 2.75) is 0 Å². The monoisotopic (exact) mass is 208 g/mol. The fraction of sp³-hybridized carbons (Fsp3) is 0.0714. The van der Waals surface area contributed by atoms with Crippen LogP contribution in [0.25, 0.3) is 5.57 Å². The maximum absolute atomic E-state index is 4.45. The number of fused-ring (bicyclic) bond motifs is 1. The van der Waals surface area contributed by atoms with E-state index in [1.807, 2.05) is 12.3 Å². The molecule has 0 atom stereocenters. The van der Waals surface area contributed by atoms with Gasteiger partial charge in [-0.3, -0.25) is 0 Å². The van der Waals surface area contributed by atoms with Crippen molar-refractivity contribution in [3.05, 3.63) is 66.5 Å². The maximum atomic E-state index is 4.45. The summed E-state index contributed by atoms with van der Waals surface area (Å²) in [7, 11) is 0. The van der Waals surface area contributed by atoms with Gasteiger partial charge in [0.05, 0.1) is 0 Å². The third-order valence-electron chi connectivity index (χ3n) is 2.73. The van der Waals surface area contributed by atoms with Crippen molar-refractivity contribution < 1.29 is 0 Å². The van der Waals surface area contributed by atoms with Gasteiger partial charge in [0.1, 0.15) is 5.84 Å². The molecule has 78 valence electrons. The Hall–Kier alpha value is -2.09. The van der Waals surface area contributed by atoms with Crippen LogP contribution in [0.5, 0.6) is 0 Å². The lowest BCUT2D eigenvalue weighted by Gasteiger charge is -2.27. The zero-order valence-corrected chi connectivity index (χ0v) is 8.88. The zero-order valence-electron chi connectivity index (χ0n) is 8.88. The summed E-state index contributed by atoms with van der Waals surface area (Å²) in [4.78, 5) is 6.61. The summed E-state index contributed by atoms with van der Waals surface area (Å²) < 4.78 is 0. The van der Waals surface area contributed by atoms with Crippen molar-refractivity contribution in [2.24, 2.45) is 4.99 Å². The quantitative estimate of drug-likeness (QED) is 0.693. The summed E-state index contributed by atoms with van der Waals surface area (Å²) in [6.45, 7) is 0.902. The molecule has 0 aromatic heterocycles. The fourth-order valence-electron chi connectivity index (χ4n) is 1.96. The summed E-state index contributed by atoms with van der Waals surface area (Å²) in [6, 6.07) is 10.4. The Kier molecular flexibility index (Phi) is 2.18. The third-order valence-corrected chi connectivity index (χ3v) is 2.73. The Bertz CT molecular complexity index is 507. The fourth-order valence-corrected chi connectivity index (χ4v) is 1.96. The average molecular weight is 208 g/mol. The second-order valence-corrected chi connectivity index (χ2v) is 3.78. The molecule has 16 heavy (non-hydrogen) atoms. The lowest BCUT2D eigenvalue weighted by Crippen LogP contribution is -2.30. The molecule has 0 radical (unpaired) electrons. The highest BCUT2D eigenvalue weighted by Gasteiger charge is 2.18. The van der Waals surface area contributed by atoms with Gasteiger partial charge in [-0.2, -0.15) is 0 Å². The Morgan fingerprint density at radius 3 is 2.88 bits per heavy atom. The highest BCUT2D eigenvalue weighted by Crippen LogP contribution is 2.23. The molecule has 0 aliphatic carbocycles. The predicted molar refractivity (Wildman–Crippen MR) is 66.8 cm³/mol. The third kappa shape index (κ3) is 1.48. The van der Waals surface area contributed by atoms with Gasteiger partial charge in [-0.1, -0.05) is 30.3 Å². The summed E-state index contributed by atoms with van der Waals surface area (Å²) in [5, 5.41) is 0. The van der Waals surface area contributed by atoms with E-state index in [0.717, 1.165) is 12.4 Å². The number of allylic oxidation sites excluding steroid dienone is 2. The lowest BCUT2D eigenvalue weighted by atomic mass is 10.0. The van der Waals surface area contributed by atoms with Gasteiger partial charge in [-0.15, -0.1) is 0 Å². The Morgan fingerprint density at radius 1 is 1.12 bits per heavy atom. The van der Waals surface area contributed by atoms with Gasteiger partial charge in [-0.25, -0.2) is 4.99 Å². The zero-order chi connectivity index (χ0) is 10.8. The molecule has 0 unspecified atom stereocenters. The van der Waals surface area contributed by atoms with E-state index in [1.165, 1.54) is 11.1 Å². The van der Waals surface area contributed by atoms with Crippen LogP contribution in [-0.2, 0) is 0 Å². The molecule has 2 aliphatic rings. The number of hydrogen-bond acceptors (Lipinski definition) is 2.